The van der Waals surface area contributed by atoms with Gasteiger partial charge in [0.05, 0.1) is 17.6 Å². The van der Waals surface area contributed by atoms with E-state index in [0.29, 0.717) is 30.2 Å². The molecule has 0 amide bonds. The Morgan fingerprint density at radius 1 is 1.03 bits per heavy atom. The van der Waals surface area contributed by atoms with Gasteiger partial charge in [0.15, 0.2) is 0 Å². The van der Waals surface area contributed by atoms with E-state index >= 15 is 0 Å². The lowest BCUT2D eigenvalue weighted by atomic mass is 9.98. The van der Waals surface area contributed by atoms with Gasteiger partial charge >= 0.3 is 6.18 Å². The van der Waals surface area contributed by atoms with Crippen molar-refractivity contribution >= 4 is 16.9 Å². The van der Waals surface area contributed by atoms with Crippen molar-refractivity contribution in [2.24, 2.45) is 18.9 Å². The fourth-order valence-electron chi connectivity index (χ4n) is 5.04. The van der Waals surface area contributed by atoms with E-state index in [-0.39, 0.29) is 0 Å². The van der Waals surface area contributed by atoms with Crippen LogP contribution in [0.2, 0.25) is 0 Å². The van der Waals surface area contributed by atoms with Gasteiger partial charge in [-0.2, -0.15) is 13.2 Å². The molecule has 1 saturated carbocycles. The molecule has 158 valence electrons. The molecule has 3 aromatic rings. The molecular weight excluding hydrogens is 391 g/mol. The van der Waals surface area contributed by atoms with Gasteiger partial charge in [0.1, 0.15) is 17.3 Å². The molecule has 0 radical (unpaired) electrons. The summed E-state index contributed by atoms with van der Waals surface area (Å²) in [5.74, 6) is 2.32. The van der Waals surface area contributed by atoms with Crippen LogP contribution in [0.1, 0.15) is 24.4 Å². The molecule has 2 aliphatic rings. The van der Waals surface area contributed by atoms with Crippen LogP contribution in [0.3, 0.4) is 0 Å². The van der Waals surface area contributed by atoms with E-state index in [2.05, 4.69) is 20.9 Å². The first-order valence-electron chi connectivity index (χ1n) is 10.3. The number of halogens is 3. The zero-order valence-electron chi connectivity index (χ0n) is 16.7. The van der Waals surface area contributed by atoms with E-state index < -0.39 is 11.9 Å². The number of hydrogen-bond donors (Lipinski definition) is 1. The number of benzene rings is 1. The molecular formula is C22H24F3N5. The third kappa shape index (κ3) is 3.43. The lowest BCUT2D eigenvalue weighted by Crippen LogP contribution is -2.36. The van der Waals surface area contributed by atoms with E-state index in [0.717, 1.165) is 48.9 Å². The average Bonchev–Trinajstić information content (AvgIpc) is 3.40. The number of rotatable bonds is 4. The average molecular weight is 415 g/mol. The van der Waals surface area contributed by atoms with Crippen LogP contribution >= 0.6 is 0 Å². The maximum atomic E-state index is 13.0. The summed E-state index contributed by atoms with van der Waals surface area (Å²) in [5, 5.41) is 3.67. The van der Waals surface area contributed by atoms with Gasteiger partial charge in [-0.05, 0) is 48.9 Å². The summed E-state index contributed by atoms with van der Waals surface area (Å²) in [7, 11) is 2.03. The van der Waals surface area contributed by atoms with Crippen molar-refractivity contribution in [3.8, 4) is 0 Å². The summed E-state index contributed by atoms with van der Waals surface area (Å²) in [6.07, 6.45) is -2.25. The molecule has 1 aromatic carbocycles. The minimum Gasteiger partial charge on any atom is -0.356 e. The molecule has 1 N–H and O–H groups in total. The van der Waals surface area contributed by atoms with E-state index in [4.69, 9.17) is 4.98 Å². The number of aryl methyl sites for hydroxylation is 1. The highest BCUT2D eigenvalue weighted by atomic mass is 19.4. The number of para-hydroxylation sites is 2. The second-order valence-electron chi connectivity index (χ2n) is 8.35. The highest BCUT2D eigenvalue weighted by molar-refractivity contribution is 5.75. The van der Waals surface area contributed by atoms with Crippen molar-refractivity contribution in [3.63, 3.8) is 0 Å². The zero-order valence-corrected chi connectivity index (χ0v) is 16.7. The van der Waals surface area contributed by atoms with Crippen LogP contribution in [0.25, 0.3) is 11.0 Å². The Morgan fingerprint density at radius 3 is 2.67 bits per heavy atom. The van der Waals surface area contributed by atoms with Gasteiger partial charge in [-0.3, -0.25) is 0 Å². The summed E-state index contributed by atoms with van der Waals surface area (Å²) >= 11 is 0. The minimum absolute atomic E-state index is 0.339. The van der Waals surface area contributed by atoms with Gasteiger partial charge in [0, 0.05) is 26.2 Å². The third-order valence-corrected chi connectivity index (χ3v) is 6.61. The zero-order chi connectivity index (χ0) is 20.9. The molecule has 2 fully saturated rings. The second kappa shape index (κ2) is 7.27. The van der Waals surface area contributed by atoms with E-state index in [1.807, 2.05) is 30.1 Å². The van der Waals surface area contributed by atoms with E-state index in [1.54, 1.807) is 6.07 Å². The van der Waals surface area contributed by atoms with Gasteiger partial charge in [0.2, 0.25) is 0 Å². The molecule has 0 bridgehead atoms. The Bertz CT molecular complexity index is 1060. The molecule has 0 unspecified atom stereocenters. The maximum Gasteiger partial charge on any atom is 0.433 e. The SMILES string of the molecule is Cn1c(CN[C@H]2CC[C@@H]3CN(c4cccc(C(F)(F)F)n4)C[C@@H]32)nc2ccccc21. The third-order valence-electron chi connectivity index (χ3n) is 6.61. The maximum absolute atomic E-state index is 13.0. The molecule has 1 saturated heterocycles. The molecule has 1 aliphatic carbocycles. The number of hydrogen-bond acceptors (Lipinski definition) is 4. The summed E-state index contributed by atoms with van der Waals surface area (Å²) in [6.45, 7) is 2.18. The topological polar surface area (TPSA) is 46.0 Å². The molecule has 3 atom stereocenters. The predicted octanol–water partition coefficient (Wildman–Crippen LogP) is 3.99. The van der Waals surface area contributed by atoms with Gasteiger partial charge in [0.25, 0.3) is 0 Å². The van der Waals surface area contributed by atoms with Crippen LogP contribution in [0, 0.1) is 11.8 Å². The summed E-state index contributed by atoms with van der Waals surface area (Å²) in [4.78, 5) is 10.6. The fraction of sp³-hybridized carbons (Fsp3) is 0.455. The Kier molecular flexibility index (Phi) is 4.69. The van der Waals surface area contributed by atoms with Gasteiger partial charge < -0.3 is 14.8 Å². The quantitative estimate of drug-likeness (QED) is 0.700. The summed E-state index contributed by atoms with van der Waals surface area (Å²) < 4.78 is 41.2. The van der Waals surface area contributed by atoms with Crippen molar-refractivity contribution in [1.82, 2.24) is 19.9 Å². The van der Waals surface area contributed by atoms with Crippen molar-refractivity contribution in [2.45, 2.75) is 31.6 Å². The Labute approximate surface area is 172 Å². The number of alkyl halides is 3. The monoisotopic (exact) mass is 415 g/mol. The number of nitrogens with one attached hydrogen (secondary N) is 1. The molecule has 30 heavy (non-hydrogen) atoms. The minimum atomic E-state index is -4.42. The predicted molar refractivity (Wildman–Crippen MR) is 109 cm³/mol. The Balaban J connectivity index is 1.27. The number of nitrogens with zero attached hydrogens (tertiary/aromatic N) is 4. The van der Waals surface area contributed by atoms with E-state index in [9.17, 15) is 13.2 Å². The van der Waals surface area contributed by atoms with Crippen molar-refractivity contribution in [2.75, 3.05) is 18.0 Å². The van der Waals surface area contributed by atoms with Crippen LogP contribution in [-0.4, -0.2) is 33.7 Å². The lowest BCUT2D eigenvalue weighted by Gasteiger charge is -2.23. The molecule has 3 heterocycles. The van der Waals surface area contributed by atoms with Crippen LogP contribution in [0.4, 0.5) is 19.0 Å². The molecule has 0 spiro atoms. The van der Waals surface area contributed by atoms with Crippen molar-refractivity contribution in [3.05, 3.63) is 54.0 Å². The summed E-state index contributed by atoms with van der Waals surface area (Å²) in [5.41, 5.74) is 1.28. The van der Waals surface area contributed by atoms with Crippen LogP contribution in [0.5, 0.6) is 0 Å². The first-order chi connectivity index (χ1) is 14.4. The number of anilines is 1. The number of aromatic nitrogens is 3. The molecule has 2 aromatic heterocycles. The Hall–Kier alpha value is -2.61. The largest absolute Gasteiger partial charge is 0.433 e. The fourth-order valence-corrected chi connectivity index (χ4v) is 5.04. The Morgan fingerprint density at radius 2 is 1.87 bits per heavy atom. The van der Waals surface area contributed by atoms with Crippen LogP contribution in [-0.2, 0) is 19.8 Å². The van der Waals surface area contributed by atoms with Crippen molar-refractivity contribution < 1.29 is 13.2 Å². The smallest absolute Gasteiger partial charge is 0.356 e. The molecule has 8 heteroatoms. The highest BCUT2D eigenvalue weighted by Crippen LogP contribution is 2.40. The standard InChI is InChI=1S/C22H24F3N5/c1-29-18-6-3-2-5-17(18)27-21(29)11-26-16-10-9-14-12-30(13-15(14)16)20-8-4-7-19(28-20)22(23,24)25/h2-8,14-16,26H,9-13H2,1H3/t14-,15+,16+/m1/s1. The van der Waals surface area contributed by atoms with Crippen LogP contribution < -0.4 is 10.2 Å². The lowest BCUT2D eigenvalue weighted by molar-refractivity contribution is -0.141. The van der Waals surface area contributed by atoms with E-state index in [1.165, 1.54) is 6.07 Å². The van der Waals surface area contributed by atoms with Gasteiger partial charge in [-0.15, -0.1) is 0 Å². The first kappa shape index (κ1) is 19.4. The molecule has 5 nitrogen and oxygen atoms in total. The number of fused-ring (bicyclic) bond motifs is 2. The molecule has 5 rings (SSSR count). The van der Waals surface area contributed by atoms with Gasteiger partial charge in [-0.1, -0.05) is 18.2 Å². The highest BCUT2D eigenvalue weighted by Gasteiger charge is 2.43. The number of pyridine rings is 1. The second-order valence-corrected chi connectivity index (χ2v) is 8.35. The summed E-state index contributed by atoms with van der Waals surface area (Å²) in [6, 6.07) is 12.6. The van der Waals surface area contributed by atoms with Crippen molar-refractivity contribution in [1.29, 1.82) is 0 Å². The molecule has 1 aliphatic heterocycles. The van der Waals surface area contributed by atoms with Gasteiger partial charge in [-0.25, -0.2) is 9.97 Å². The number of imidazole rings is 1. The normalized spacial score (nSPS) is 24.0. The van der Waals surface area contributed by atoms with Crippen LogP contribution in [0.15, 0.2) is 42.5 Å². The first-order valence-corrected chi connectivity index (χ1v) is 10.3.